The van der Waals surface area contributed by atoms with E-state index in [-0.39, 0.29) is 10.8 Å². The molecule has 1 heterocycles. The van der Waals surface area contributed by atoms with Gasteiger partial charge in [0.25, 0.3) is 0 Å². The van der Waals surface area contributed by atoms with Crippen molar-refractivity contribution in [2.75, 3.05) is 7.11 Å². The molecule has 0 bridgehead atoms. The number of methoxy groups -OCH3 is 1. The van der Waals surface area contributed by atoms with Crippen LogP contribution in [0.4, 0.5) is 0 Å². The molecule has 0 fully saturated rings. The molecule has 9 heteroatoms. The second kappa shape index (κ2) is 10.9. The standard InChI is InChI=1S/C24H26ClN3O5/c1-15-16(2)27-28(4)23(15)33-21-12-22(32-17(3)24(29)30-5)20(25)11-19(21)13-26-31-14-18-9-7-6-8-10-18/h6-13,17H,14H2,1-5H3/t17-/m0/s1. The normalized spacial score (nSPS) is 11.9. The maximum Gasteiger partial charge on any atom is 0.346 e. The predicted octanol–water partition coefficient (Wildman–Crippen LogP) is 4.97. The van der Waals surface area contributed by atoms with Gasteiger partial charge in [0.05, 0.1) is 24.0 Å². The molecule has 0 spiro atoms. The summed E-state index contributed by atoms with van der Waals surface area (Å²) in [4.78, 5) is 17.2. The van der Waals surface area contributed by atoms with Gasteiger partial charge in [-0.1, -0.05) is 47.1 Å². The molecule has 2 aromatic carbocycles. The number of nitrogens with zero attached hydrogens (tertiary/aromatic N) is 3. The number of benzene rings is 2. The van der Waals surface area contributed by atoms with Gasteiger partial charge in [0.2, 0.25) is 5.88 Å². The lowest BCUT2D eigenvalue weighted by Crippen LogP contribution is -2.25. The molecule has 0 aliphatic carbocycles. The molecule has 3 aromatic rings. The van der Waals surface area contributed by atoms with Gasteiger partial charge in [0.1, 0.15) is 18.1 Å². The first-order valence-corrected chi connectivity index (χ1v) is 10.6. The van der Waals surface area contributed by atoms with Crippen LogP contribution in [0.25, 0.3) is 0 Å². The third-order valence-electron chi connectivity index (χ3n) is 4.91. The fourth-order valence-corrected chi connectivity index (χ4v) is 3.22. The van der Waals surface area contributed by atoms with Crippen molar-refractivity contribution in [1.29, 1.82) is 0 Å². The van der Waals surface area contributed by atoms with Crippen LogP contribution in [-0.4, -0.2) is 35.2 Å². The zero-order valence-corrected chi connectivity index (χ0v) is 19.9. The maximum absolute atomic E-state index is 11.8. The van der Waals surface area contributed by atoms with Gasteiger partial charge >= 0.3 is 5.97 Å². The van der Waals surface area contributed by atoms with Gasteiger partial charge in [-0.2, -0.15) is 5.10 Å². The number of hydrogen-bond donors (Lipinski definition) is 0. The first-order chi connectivity index (χ1) is 15.8. The molecule has 0 radical (unpaired) electrons. The van der Waals surface area contributed by atoms with Crippen LogP contribution in [0.2, 0.25) is 5.02 Å². The van der Waals surface area contributed by atoms with Crippen LogP contribution in [0.3, 0.4) is 0 Å². The van der Waals surface area contributed by atoms with E-state index in [4.69, 9.17) is 30.6 Å². The molecule has 1 atom stereocenters. The summed E-state index contributed by atoms with van der Waals surface area (Å²) in [5.41, 5.74) is 3.29. The molecule has 0 saturated heterocycles. The number of esters is 1. The van der Waals surface area contributed by atoms with Gasteiger partial charge < -0.3 is 19.0 Å². The van der Waals surface area contributed by atoms with Gasteiger partial charge in [-0.05, 0) is 32.4 Å². The Balaban J connectivity index is 1.90. The zero-order chi connectivity index (χ0) is 24.0. The molecule has 33 heavy (non-hydrogen) atoms. The van der Waals surface area contributed by atoms with Crippen molar-refractivity contribution in [1.82, 2.24) is 9.78 Å². The summed E-state index contributed by atoms with van der Waals surface area (Å²) in [6, 6.07) is 12.9. The summed E-state index contributed by atoms with van der Waals surface area (Å²) in [5.74, 6) is 0.710. The van der Waals surface area contributed by atoms with E-state index in [1.807, 2.05) is 44.2 Å². The molecular formula is C24H26ClN3O5. The van der Waals surface area contributed by atoms with Crippen molar-refractivity contribution in [3.05, 3.63) is 69.9 Å². The van der Waals surface area contributed by atoms with E-state index in [1.54, 1.807) is 30.8 Å². The first kappa shape index (κ1) is 24.1. The average molecular weight is 472 g/mol. The highest BCUT2D eigenvalue weighted by Crippen LogP contribution is 2.36. The number of oxime groups is 1. The number of hydrogen-bond acceptors (Lipinski definition) is 7. The molecule has 0 aliphatic rings. The Labute approximate surface area is 197 Å². The van der Waals surface area contributed by atoms with Crippen molar-refractivity contribution in [3.8, 4) is 17.4 Å². The smallest absolute Gasteiger partial charge is 0.346 e. The number of aryl methyl sites for hydroxylation is 2. The highest BCUT2D eigenvalue weighted by atomic mass is 35.5. The fourth-order valence-electron chi connectivity index (χ4n) is 3.00. The third kappa shape index (κ3) is 6.04. The van der Waals surface area contributed by atoms with E-state index in [0.717, 1.165) is 16.8 Å². The molecular weight excluding hydrogens is 446 g/mol. The molecule has 1 aromatic heterocycles. The van der Waals surface area contributed by atoms with Gasteiger partial charge in [0.15, 0.2) is 6.10 Å². The molecule has 0 amide bonds. The Morgan fingerprint density at radius 1 is 1.21 bits per heavy atom. The van der Waals surface area contributed by atoms with Crippen LogP contribution in [-0.2, 0) is 28.0 Å². The average Bonchev–Trinajstić information content (AvgIpc) is 3.05. The van der Waals surface area contributed by atoms with Crippen molar-refractivity contribution in [3.63, 3.8) is 0 Å². The van der Waals surface area contributed by atoms with Crippen molar-refractivity contribution < 1.29 is 23.8 Å². The molecule has 3 rings (SSSR count). The largest absolute Gasteiger partial charge is 0.477 e. The SMILES string of the molecule is COC(=O)[C@H](C)Oc1cc(Oc2c(C)c(C)nn2C)c(C=NOCc2ccccc2)cc1Cl. The van der Waals surface area contributed by atoms with Crippen LogP contribution in [0.5, 0.6) is 17.4 Å². The van der Waals surface area contributed by atoms with Crippen LogP contribution in [0.1, 0.15) is 29.3 Å². The van der Waals surface area contributed by atoms with Crippen LogP contribution in [0, 0.1) is 13.8 Å². The van der Waals surface area contributed by atoms with Gasteiger partial charge in [0, 0.05) is 24.2 Å². The van der Waals surface area contributed by atoms with E-state index >= 15 is 0 Å². The Morgan fingerprint density at radius 3 is 2.58 bits per heavy atom. The van der Waals surface area contributed by atoms with Gasteiger partial charge in [-0.25, -0.2) is 9.48 Å². The predicted molar refractivity (Wildman–Crippen MR) is 125 cm³/mol. The second-order valence-electron chi connectivity index (χ2n) is 7.34. The zero-order valence-electron chi connectivity index (χ0n) is 19.2. The highest BCUT2D eigenvalue weighted by Gasteiger charge is 2.20. The molecule has 174 valence electrons. The third-order valence-corrected chi connectivity index (χ3v) is 5.20. The first-order valence-electron chi connectivity index (χ1n) is 10.3. The minimum Gasteiger partial charge on any atom is -0.477 e. The van der Waals surface area contributed by atoms with Gasteiger partial charge in [-0.15, -0.1) is 0 Å². The van der Waals surface area contributed by atoms with E-state index in [0.29, 0.717) is 23.8 Å². The molecule has 0 unspecified atom stereocenters. The van der Waals surface area contributed by atoms with E-state index < -0.39 is 12.1 Å². The fraction of sp³-hybridized carbons (Fsp3) is 0.292. The van der Waals surface area contributed by atoms with E-state index in [9.17, 15) is 4.79 Å². The topological polar surface area (TPSA) is 84.2 Å². The van der Waals surface area contributed by atoms with E-state index in [1.165, 1.54) is 13.3 Å². The van der Waals surface area contributed by atoms with Crippen LogP contribution in [0.15, 0.2) is 47.6 Å². The van der Waals surface area contributed by atoms with Gasteiger partial charge in [-0.3, -0.25) is 0 Å². The summed E-state index contributed by atoms with van der Waals surface area (Å²) < 4.78 is 18.2. The number of ether oxygens (including phenoxy) is 3. The number of aromatic nitrogens is 2. The lowest BCUT2D eigenvalue weighted by atomic mass is 10.2. The summed E-state index contributed by atoms with van der Waals surface area (Å²) in [6.07, 6.45) is 0.658. The summed E-state index contributed by atoms with van der Waals surface area (Å²) in [7, 11) is 3.08. The lowest BCUT2D eigenvalue weighted by molar-refractivity contribution is -0.147. The Bertz CT molecular complexity index is 1140. The number of halogens is 1. The van der Waals surface area contributed by atoms with Crippen molar-refractivity contribution in [2.45, 2.75) is 33.5 Å². The minimum absolute atomic E-state index is 0.267. The van der Waals surface area contributed by atoms with Crippen LogP contribution < -0.4 is 9.47 Å². The Kier molecular flexibility index (Phi) is 7.95. The van der Waals surface area contributed by atoms with Crippen molar-refractivity contribution in [2.24, 2.45) is 12.2 Å². The molecule has 0 N–H and O–H groups in total. The Morgan fingerprint density at radius 2 is 1.94 bits per heavy atom. The number of carbonyl (C=O) groups excluding carboxylic acids is 1. The summed E-state index contributed by atoms with van der Waals surface area (Å²) >= 11 is 6.42. The number of rotatable bonds is 9. The highest BCUT2D eigenvalue weighted by molar-refractivity contribution is 6.32. The summed E-state index contributed by atoms with van der Waals surface area (Å²) in [5, 5.41) is 8.72. The van der Waals surface area contributed by atoms with Crippen LogP contribution >= 0.6 is 11.6 Å². The molecule has 0 aliphatic heterocycles. The summed E-state index contributed by atoms with van der Waals surface area (Å²) in [6.45, 7) is 5.71. The maximum atomic E-state index is 11.8. The van der Waals surface area contributed by atoms with Crippen molar-refractivity contribution >= 4 is 23.8 Å². The minimum atomic E-state index is -0.852. The molecule has 8 nitrogen and oxygen atoms in total. The monoisotopic (exact) mass is 471 g/mol. The molecule has 0 saturated carbocycles. The Hall–Kier alpha value is -3.52. The second-order valence-corrected chi connectivity index (χ2v) is 7.75. The van der Waals surface area contributed by atoms with E-state index in [2.05, 4.69) is 10.3 Å². The number of carbonyl (C=O) groups is 1. The lowest BCUT2D eigenvalue weighted by Gasteiger charge is -2.16. The quantitative estimate of drug-likeness (QED) is 0.249.